The number of halogens is 2. The van der Waals surface area contributed by atoms with E-state index in [1.807, 2.05) is 6.08 Å². The lowest BCUT2D eigenvalue weighted by Gasteiger charge is -2.29. The van der Waals surface area contributed by atoms with Gasteiger partial charge in [-0.2, -0.15) is 0 Å². The number of hydrogen-bond donors (Lipinski definition) is 0. The standard InChI is InChI=1S/C16H20Br2O2/c1-2-3-4-13-10-19-16(20-11-13)14-7-5-12(6-8-14)9-15(17)18/h5-9,13,16H,2-4,10-11H2,1H3. The average molecular weight is 404 g/mol. The summed E-state index contributed by atoms with van der Waals surface area (Å²) < 4.78 is 12.6. The number of unbranched alkanes of at least 4 members (excludes halogenated alkanes) is 1. The highest BCUT2D eigenvalue weighted by Crippen LogP contribution is 2.28. The van der Waals surface area contributed by atoms with E-state index in [2.05, 4.69) is 63.0 Å². The van der Waals surface area contributed by atoms with E-state index in [1.54, 1.807) is 0 Å². The van der Waals surface area contributed by atoms with E-state index in [0.717, 1.165) is 27.7 Å². The second kappa shape index (κ2) is 8.32. The molecule has 20 heavy (non-hydrogen) atoms. The van der Waals surface area contributed by atoms with E-state index < -0.39 is 0 Å². The first-order chi connectivity index (χ1) is 9.69. The van der Waals surface area contributed by atoms with Crippen LogP contribution in [0.25, 0.3) is 6.08 Å². The van der Waals surface area contributed by atoms with Crippen LogP contribution in [-0.2, 0) is 9.47 Å². The summed E-state index contributed by atoms with van der Waals surface area (Å²) in [7, 11) is 0. The maximum absolute atomic E-state index is 5.84. The molecule has 4 heteroatoms. The molecular weight excluding hydrogens is 384 g/mol. The van der Waals surface area contributed by atoms with Crippen molar-refractivity contribution >= 4 is 37.9 Å². The van der Waals surface area contributed by atoms with Crippen LogP contribution in [0.15, 0.2) is 27.7 Å². The first-order valence-electron chi connectivity index (χ1n) is 7.05. The van der Waals surface area contributed by atoms with Crippen LogP contribution in [0.3, 0.4) is 0 Å². The Balaban J connectivity index is 1.89. The molecule has 0 N–H and O–H groups in total. The average Bonchev–Trinajstić information content (AvgIpc) is 2.46. The summed E-state index contributed by atoms with van der Waals surface area (Å²) in [5.74, 6) is 0.553. The summed E-state index contributed by atoms with van der Waals surface area (Å²) >= 11 is 6.72. The normalized spacial score (nSPS) is 22.6. The summed E-state index contributed by atoms with van der Waals surface area (Å²) in [4.78, 5) is 0. The van der Waals surface area contributed by atoms with Gasteiger partial charge in [0.05, 0.1) is 16.6 Å². The third kappa shape index (κ3) is 4.99. The molecule has 110 valence electrons. The molecule has 0 spiro atoms. The Labute approximate surface area is 137 Å². The Morgan fingerprint density at radius 3 is 2.40 bits per heavy atom. The van der Waals surface area contributed by atoms with Crippen LogP contribution in [0.1, 0.15) is 43.6 Å². The first kappa shape index (κ1) is 16.2. The van der Waals surface area contributed by atoms with Gasteiger partial charge in [-0.05, 0) is 49.9 Å². The quantitative estimate of drug-likeness (QED) is 0.634. The first-order valence-corrected chi connectivity index (χ1v) is 8.63. The molecule has 1 heterocycles. The lowest BCUT2D eigenvalue weighted by molar-refractivity contribution is -0.206. The second-order valence-electron chi connectivity index (χ2n) is 5.11. The van der Waals surface area contributed by atoms with Crippen molar-refractivity contribution in [1.82, 2.24) is 0 Å². The molecule has 1 aliphatic heterocycles. The van der Waals surface area contributed by atoms with Gasteiger partial charge < -0.3 is 9.47 Å². The van der Waals surface area contributed by atoms with E-state index in [-0.39, 0.29) is 6.29 Å². The zero-order valence-corrected chi connectivity index (χ0v) is 14.8. The van der Waals surface area contributed by atoms with Gasteiger partial charge in [0.1, 0.15) is 0 Å². The predicted octanol–water partition coefficient (Wildman–Crippen LogP) is 5.63. The van der Waals surface area contributed by atoms with Crippen LogP contribution in [0.4, 0.5) is 0 Å². The number of hydrogen-bond acceptors (Lipinski definition) is 2. The molecule has 1 saturated heterocycles. The minimum absolute atomic E-state index is 0.210. The molecule has 0 atom stereocenters. The summed E-state index contributed by atoms with van der Waals surface area (Å²) in [5.41, 5.74) is 2.22. The molecule has 2 nitrogen and oxygen atoms in total. The lowest BCUT2D eigenvalue weighted by atomic mass is 10.0. The number of ether oxygens (including phenoxy) is 2. The van der Waals surface area contributed by atoms with Crippen molar-refractivity contribution < 1.29 is 9.47 Å². The lowest BCUT2D eigenvalue weighted by Crippen LogP contribution is -2.27. The fraction of sp³-hybridized carbons (Fsp3) is 0.500. The minimum Gasteiger partial charge on any atom is -0.348 e. The van der Waals surface area contributed by atoms with E-state index in [9.17, 15) is 0 Å². The third-order valence-corrected chi connectivity index (χ3v) is 3.87. The van der Waals surface area contributed by atoms with Crippen LogP contribution in [0.5, 0.6) is 0 Å². The molecule has 1 aliphatic rings. The molecule has 0 aliphatic carbocycles. The van der Waals surface area contributed by atoms with Gasteiger partial charge in [-0.25, -0.2) is 0 Å². The van der Waals surface area contributed by atoms with E-state index >= 15 is 0 Å². The molecular formula is C16H20Br2O2. The number of benzene rings is 1. The SMILES string of the molecule is CCCCC1COC(c2ccc(C=C(Br)Br)cc2)OC1. The van der Waals surface area contributed by atoms with Crippen LogP contribution >= 0.6 is 31.9 Å². The molecule has 1 fully saturated rings. The highest BCUT2D eigenvalue weighted by atomic mass is 79.9. The fourth-order valence-corrected chi connectivity index (χ4v) is 2.80. The van der Waals surface area contributed by atoms with Crippen molar-refractivity contribution in [3.05, 3.63) is 38.8 Å². The monoisotopic (exact) mass is 402 g/mol. The Morgan fingerprint density at radius 1 is 1.20 bits per heavy atom. The molecule has 0 radical (unpaired) electrons. The molecule has 0 bridgehead atoms. The molecule has 0 amide bonds. The van der Waals surface area contributed by atoms with Crippen LogP contribution < -0.4 is 0 Å². The van der Waals surface area contributed by atoms with Gasteiger partial charge in [-0.3, -0.25) is 0 Å². The fourth-order valence-electron chi connectivity index (χ4n) is 2.27. The Hall–Kier alpha value is -0.160. The van der Waals surface area contributed by atoms with E-state index in [4.69, 9.17) is 9.47 Å². The van der Waals surface area contributed by atoms with E-state index in [0.29, 0.717) is 5.92 Å². The molecule has 2 rings (SSSR count). The smallest absolute Gasteiger partial charge is 0.183 e. The zero-order valence-electron chi connectivity index (χ0n) is 11.6. The van der Waals surface area contributed by atoms with Gasteiger partial charge in [-0.1, -0.05) is 44.0 Å². The van der Waals surface area contributed by atoms with Crippen molar-refractivity contribution in [3.63, 3.8) is 0 Å². The largest absolute Gasteiger partial charge is 0.348 e. The topological polar surface area (TPSA) is 18.5 Å². The number of rotatable bonds is 5. The summed E-state index contributed by atoms with van der Waals surface area (Å²) in [6.07, 6.45) is 5.49. The Bertz CT molecular complexity index is 430. The van der Waals surface area contributed by atoms with Gasteiger partial charge in [0.25, 0.3) is 0 Å². The van der Waals surface area contributed by atoms with Crippen LogP contribution in [-0.4, -0.2) is 13.2 Å². The highest BCUT2D eigenvalue weighted by Gasteiger charge is 2.22. The van der Waals surface area contributed by atoms with Crippen LogP contribution in [0.2, 0.25) is 0 Å². The van der Waals surface area contributed by atoms with E-state index in [1.165, 1.54) is 19.3 Å². The minimum atomic E-state index is -0.210. The summed E-state index contributed by atoms with van der Waals surface area (Å²) in [6, 6.07) is 8.25. The zero-order chi connectivity index (χ0) is 14.4. The molecule has 1 aromatic rings. The van der Waals surface area contributed by atoms with Gasteiger partial charge in [0.15, 0.2) is 6.29 Å². The predicted molar refractivity (Wildman–Crippen MR) is 89.9 cm³/mol. The van der Waals surface area contributed by atoms with Crippen molar-refractivity contribution in [2.45, 2.75) is 32.5 Å². The van der Waals surface area contributed by atoms with Gasteiger partial charge in [-0.15, -0.1) is 0 Å². The molecule has 0 aromatic heterocycles. The molecule has 0 unspecified atom stereocenters. The van der Waals surface area contributed by atoms with Crippen molar-refractivity contribution in [2.24, 2.45) is 5.92 Å². The van der Waals surface area contributed by atoms with Gasteiger partial charge >= 0.3 is 0 Å². The Kier molecular flexibility index (Phi) is 6.75. The van der Waals surface area contributed by atoms with Gasteiger partial charge in [0, 0.05) is 11.5 Å². The second-order valence-corrected chi connectivity index (χ2v) is 7.88. The maximum Gasteiger partial charge on any atom is 0.183 e. The maximum atomic E-state index is 5.84. The van der Waals surface area contributed by atoms with Gasteiger partial charge in [0.2, 0.25) is 0 Å². The summed E-state index contributed by atoms with van der Waals surface area (Å²) in [6.45, 7) is 3.83. The van der Waals surface area contributed by atoms with Crippen molar-refractivity contribution in [1.29, 1.82) is 0 Å². The highest BCUT2D eigenvalue weighted by molar-refractivity contribution is 9.28. The van der Waals surface area contributed by atoms with Crippen molar-refractivity contribution in [3.8, 4) is 0 Å². The van der Waals surface area contributed by atoms with Crippen LogP contribution in [0, 0.1) is 5.92 Å². The van der Waals surface area contributed by atoms with Crippen molar-refractivity contribution in [2.75, 3.05) is 13.2 Å². The Morgan fingerprint density at radius 2 is 1.85 bits per heavy atom. The third-order valence-electron chi connectivity index (χ3n) is 3.42. The summed E-state index contributed by atoms with van der Waals surface area (Å²) in [5, 5.41) is 0. The molecule has 0 saturated carbocycles. The molecule has 1 aromatic carbocycles.